The van der Waals surface area contributed by atoms with Crippen LogP contribution in [0.5, 0.6) is 0 Å². The standard InChI is InChI=1S/C12H20N2O4/c1-8-2-4-13(5-3-8)12(18)14-7-9(15)6-10(14)11(16)17/h8-10,15H,2-7H2,1H3,(H,16,17)/t9-,10-/m1/s1. The number of urea groups is 1. The van der Waals surface area contributed by atoms with Crippen LogP contribution in [0.15, 0.2) is 0 Å². The first kappa shape index (κ1) is 13.1. The lowest BCUT2D eigenvalue weighted by atomic mass is 9.99. The van der Waals surface area contributed by atoms with Gasteiger partial charge in [0.15, 0.2) is 0 Å². The molecule has 2 saturated heterocycles. The SMILES string of the molecule is CC1CCN(C(=O)N2C[C@H](O)C[C@@H]2C(=O)O)CC1. The van der Waals surface area contributed by atoms with Gasteiger partial charge in [-0.1, -0.05) is 6.92 Å². The molecule has 18 heavy (non-hydrogen) atoms. The number of hydrogen-bond donors (Lipinski definition) is 2. The van der Waals surface area contributed by atoms with Crippen molar-refractivity contribution in [2.45, 2.75) is 38.3 Å². The summed E-state index contributed by atoms with van der Waals surface area (Å²) >= 11 is 0. The fourth-order valence-corrected chi connectivity index (χ4v) is 2.64. The van der Waals surface area contributed by atoms with Crippen LogP contribution >= 0.6 is 0 Å². The minimum atomic E-state index is -1.04. The zero-order chi connectivity index (χ0) is 13.3. The number of aliphatic carboxylic acids is 1. The van der Waals surface area contributed by atoms with Crippen molar-refractivity contribution in [1.82, 2.24) is 9.80 Å². The molecular weight excluding hydrogens is 236 g/mol. The molecule has 2 rings (SSSR count). The normalized spacial score (nSPS) is 29.7. The lowest BCUT2D eigenvalue weighted by Gasteiger charge is -2.34. The summed E-state index contributed by atoms with van der Waals surface area (Å²) in [6.45, 7) is 3.64. The van der Waals surface area contributed by atoms with Gasteiger partial charge in [-0.25, -0.2) is 9.59 Å². The van der Waals surface area contributed by atoms with Crippen molar-refractivity contribution in [2.24, 2.45) is 5.92 Å². The number of β-amino-alcohol motifs (C(OH)–C–C–N with tert-alkyl or cyclic N) is 1. The fraction of sp³-hybridized carbons (Fsp3) is 0.833. The van der Waals surface area contributed by atoms with Crippen molar-refractivity contribution >= 4 is 12.0 Å². The topological polar surface area (TPSA) is 81.1 Å². The number of carboxylic acid groups (broad SMARTS) is 1. The molecule has 0 unspecified atom stereocenters. The number of likely N-dealkylation sites (tertiary alicyclic amines) is 2. The first-order valence-corrected chi connectivity index (χ1v) is 6.45. The number of aliphatic hydroxyl groups excluding tert-OH is 1. The number of nitrogens with zero attached hydrogens (tertiary/aromatic N) is 2. The van der Waals surface area contributed by atoms with Crippen LogP contribution in [0.4, 0.5) is 4.79 Å². The van der Waals surface area contributed by atoms with Gasteiger partial charge in [0, 0.05) is 26.1 Å². The van der Waals surface area contributed by atoms with Crippen LogP contribution in [-0.2, 0) is 4.79 Å². The predicted molar refractivity (Wildman–Crippen MR) is 64.1 cm³/mol. The molecule has 2 aliphatic heterocycles. The third-order valence-electron chi connectivity index (χ3n) is 3.86. The Bertz CT molecular complexity index is 339. The maximum atomic E-state index is 12.2. The molecular formula is C12H20N2O4. The highest BCUT2D eigenvalue weighted by Gasteiger charge is 2.40. The number of aliphatic hydroxyl groups is 1. The van der Waals surface area contributed by atoms with Gasteiger partial charge < -0.3 is 20.0 Å². The summed E-state index contributed by atoms with van der Waals surface area (Å²) in [6, 6.07) is -1.13. The number of hydrogen-bond acceptors (Lipinski definition) is 3. The molecule has 0 bridgehead atoms. The minimum Gasteiger partial charge on any atom is -0.480 e. The minimum absolute atomic E-state index is 0.127. The third-order valence-corrected chi connectivity index (χ3v) is 3.86. The van der Waals surface area contributed by atoms with E-state index in [2.05, 4.69) is 6.92 Å². The van der Waals surface area contributed by atoms with Gasteiger partial charge >= 0.3 is 12.0 Å². The Hall–Kier alpha value is -1.30. The number of carboxylic acids is 1. The van der Waals surface area contributed by atoms with Crippen molar-refractivity contribution in [3.05, 3.63) is 0 Å². The van der Waals surface area contributed by atoms with Crippen LogP contribution in [0.1, 0.15) is 26.2 Å². The highest BCUT2D eigenvalue weighted by Crippen LogP contribution is 2.23. The molecule has 0 saturated carbocycles. The summed E-state index contributed by atoms with van der Waals surface area (Å²) in [7, 11) is 0. The highest BCUT2D eigenvalue weighted by atomic mass is 16.4. The van der Waals surface area contributed by atoms with Crippen LogP contribution in [-0.4, -0.2) is 63.8 Å². The Morgan fingerprint density at radius 3 is 2.39 bits per heavy atom. The lowest BCUT2D eigenvalue weighted by molar-refractivity contribution is -0.141. The molecule has 2 N–H and O–H groups in total. The van der Waals surface area contributed by atoms with Gasteiger partial charge in [-0.15, -0.1) is 0 Å². The number of amides is 2. The second-order valence-corrected chi connectivity index (χ2v) is 5.35. The number of carbonyl (C=O) groups excluding carboxylic acids is 1. The van der Waals surface area contributed by atoms with Crippen molar-refractivity contribution < 1.29 is 19.8 Å². The Morgan fingerprint density at radius 1 is 1.22 bits per heavy atom. The van der Waals surface area contributed by atoms with E-state index in [0.717, 1.165) is 12.8 Å². The summed E-state index contributed by atoms with van der Waals surface area (Å²) in [5.41, 5.74) is 0. The van der Waals surface area contributed by atoms with Gasteiger partial charge in [0.2, 0.25) is 0 Å². The Balaban J connectivity index is 2.01. The second-order valence-electron chi connectivity index (χ2n) is 5.35. The highest BCUT2D eigenvalue weighted by molar-refractivity contribution is 5.83. The van der Waals surface area contributed by atoms with E-state index < -0.39 is 18.1 Å². The van der Waals surface area contributed by atoms with Crippen molar-refractivity contribution in [1.29, 1.82) is 0 Å². The third kappa shape index (κ3) is 2.58. The zero-order valence-electron chi connectivity index (χ0n) is 10.6. The van der Waals surface area contributed by atoms with Gasteiger partial charge in [-0.2, -0.15) is 0 Å². The first-order chi connectivity index (χ1) is 8.49. The molecule has 102 valence electrons. The van der Waals surface area contributed by atoms with Gasteiger partial charge in [0.1, 0.15) is 6.04 Å². The molecule has 0 aromatic heterocycles. The van der Waals surface area contributed by atoms with E-state index in [0.29, 0.717) is 19.0 Å². The number of rotatable bonds is 1. The molecule has 2 atom stereocenters. The van der Waals surface area contributed by atoms with Crippen LogP contribution in [0.2, 0.25) is 0 Å². The summed E-state index contributed by atoms with van der Waals surface area (Å²) in [5, 5.41) is 18.6. The summed E-state index contributed by atoms with van der Waals surface area (Å²) in [5.74, 6) is -0.418. The van der Waals surface area contributed by atoms with E-state index in [1.165, 1.54) is 4.90 Å². The lowest BCUT2D eigenvalue weighted by Crippen LogP contribution is -2.50. The summed E-state index contributed by atoms with van der Waals surface area (Å²) in [6.07, 6.45) is 1.32. The molecule has 2 fully saturated rings. The van der Waals surface area contributed by atoms with Crippen LogP contribution in [0, 0.1) is 5.92 Å². The van der Waals surface area contributed by atoms with Crippen molar-refractivity contribution in [3.8, 4) is 0 Å². The predicted octanol–water partition coefficient (Wildman–Crippen LogP) is 0.358. The Kier molecular flexibility index (Phi) is 3.75. The monoisotopic (exact) mass is 256 g/mol. The number of piperidine rings is 1. The molecule has 0 aromatic rings. The molecule has 2 amide bonds. The summed E-state index contributed by atoms with van der Waals surface area (Å²) < 4.78 is 0. The van der Waals surface area contributed by atoms with E-state index in [4.69, 9.17) is 5.11 Å². The van der Waals surface area contributed by atoms with Gasteiger partial charge in [-0.3, -0.25) is 0 Å². The largest absolute Gasteiger partial charge is 0.480 e. The summed E-state index contributed by atoms with van der Waals surface area (Å²) in [4.78, 5) is 26.3. The Morgan fingerprint density at radius 2 is 1.83 bits per heavy atom. The van der Waals surface area contributed by atoms with Crippen molar-refractivity contribution in [3.63, 3.8) is 0 Å². The maximum absolute atomic E-state index is 12.2. The molecule has 0 radical (unpaired) electrons. The molecule has 2 aliphatic rings. The molecule has 6 heteroatoms. The second kappa shape index (κ2) is 5.14. The first-order valence-electron chi connectivity index (χ1n) is 6.45. The van der Waals surface area contributed by atoms with E-state index in [1.54, 1.807) is 4.90 Å². The van der Waals surface area contributed by atoms with Crippen molar-refractivity contribution in [2.75, 3.05) is 19.6 Å². The van der Waals surface area contributed by atoms with Gasteiger partial charge in [-0.05, 0) is 18.8 Å². The Labute approximate surface area is 106 Å². The van der Waals surface area contributed by atoms with Crippen LogP contribution in [0.3, 0.4) is 0 Å². The zero-order valence-corrected chi connectivity index (χ0v) is 10.6. The molecule has 2 heterocycles. The van der Waals surface area contributed by atoms with Gasteiger partial charge in [0.05, 0.1) is 6.10 Å². The molecule has 0 aliphatic carbocycles. The van der Waals surface area contributed by atoms with Crippen LogP contribution < -0.4 is 0 Å². The molecule has 6 nitrogen and oxygen atoms in total. The van der Waals surface area contributed by atoms with E-state index in [-0.39, 0.29) is 19.0 Å². The van der Waals surface area contributed by atoms with E-state index in [9.17, 15) is 14.7 Å². The van der Waals surface area contributed by atoms with Gasteiger partial charge in [0.25, 0.3) is 0 Å². The molecule has 0 spiro atoms. The maximum Gasteiger partial charge on any atom is 0.326 e. The van der Waals surface area contributed by atoms with E-state index in [1.807, 2.05) is 0 Å². The smallest absolute Gasteiger partial charge is 0.326 e. The van der Waals surface area contributed by atoms with Crippen LogP contribution in [0.25, 0.3) is 0 Å². The fourth-order valence-electron chi connectivity index (χ4n) is 2.64. The van der Waals surface area contributed by atoms with E-state index >= 15 is 0 Å². The number of carbonyl (C=O) groups is 2. The average molecular weight is 256 g/mol. The quantitative estimate of drug-likeness (QED) is 0.709. The average Bonchev–Trinajstić information content (AvgIpc) is 2.71. The molecule has 0 aromatic carbocycles.